The number of hydrogen-bond acceptors (Lipinski definition) is 6. The van der Waals surface area contributed by atoms with Gasteiger partial charge in [-0.05, 0) is 55.0 Å². The summed E-state index contributed by atoms with van der Waals surface area (Å²) in [4.78, 5) is 27.4. The Kier molecular flexibility index (Phi) is 7.11. The van der Waals surface area contributed by atoms with Crippen molar-refractivity contribution in [3.05, 3.63) is 96.9 Å². The maximum Gasteiger partial charge on any atom is 0.283 e. The van der Waals surface area contributed by atoms with E-state index < -0.39 is 4.92 Å². The Labute approximate surface area is 213 Å². The van der Waals surface area contributed by atoms with Crippen LogP contribution in [0, 0.1) is 17.0 Å². The molecule has 0 aliphatic carbocycles. The highest BCUT2D eigenvalue weighted by atomic mass is 35.5. The summed E-state index contributed by atoms with van der Waals surface area (Å²) in [5.74, 6) is -0.329. The first-order chi connectivity index (χ1) is 15.7. The second-order valence-electron chi connectivity index (χ2n) is 7.01. The van der Waals surface area contributed by atoms with E-state index >= 15 is 0 Å². The van der Waals surface area contributed by atoms with Gasteiger partial charge in [-0.15, -0.1) is 0 Å². The van der Waals surface area contributed by atoms with Crippen LogP contribution in [-0.2, 0) is 4.79 Å². The number of hydrogen-bond donors (Lipinski definition) is 0. The normalized spacial score (nSPS) is 14.9. The van der Waals surface area contributed by atoms with Gasteiger partial charge in [0.2, 0.25) is 0 Å². The van der Waals surface area contributed by atoms with Gasteiger partial charge in [-0.2, -0.15) is 0 Å². The average Bonchev–Trinajstić information content (AvgIpc) is 3.05. The van der Waals surface area contributed by atoms with Gasteiger partial charge < -0.3 is 0 Å². The van der Waals surface area contributed by atoms with Gasteiger partial charge in [0.05, 0.1) is 30.5 Å². The van der Waals surface area contributed by atoms with Gasteiger partial charge in [0, 0.05) is 11.0 Å². The molecular weight excluding hydrogens is 519 g/mol. The minimum atomic E-state index is -0.422. The third kappa shape index (κ3) is 5.26. The number of thiocarbonyl (C=S) groups is 1. The predicted octanol–water partition coefficient (Wildman–Crippen LogP) is 7.77. The summed E-state index contributed by atoms with van der Waals surface area (Å²) >= 11 is 19.9. The fourth-order valence-electron chi connectivity index (χ4n) is 3.05. The van der Waals surface area contributed by atoms with Crippen LogP contribution in [0.25, 0.3) is 6.08 Å². The minimum Gasteiger partial charge on any atom is -0.268 e. The quantitative estimate of drug-likeness (QED) is 0.145. The van der Waals surface area contributed by atoms with Crippen LogP contribution in [0.2, 0.25) is 10.0 Å². The van der Waals surface area contributed by atoms with Crippen LogP contribution in [0.15, 0.2) is 75.4 Å². The van der Waals surface area contributed by atoms with E-state index in [1.54, 1.807) is 36.4 Å². The number of thioether (sulfide) groups is 1. The molecule has 0 spiro atoms. The minimum absolute atomic E-state index is 0.0331. The highest BCUT2D eigenvalue weighted by molar-refractivity contribution is 8.27. The van der Waals surface area contributed by atoms with Gasteiger partial charge in [0.15, 0.2) is 4.32 Å². The second-order valence-corrected chi connectivity index (χ2v) is 10.6. The number of carbonyl (C=O) groups excluding carboxylic acids is 1. The molecule has 1 aliphatic heterocycles. The van der Waals surface area contributed by atoms with Crippen LogP contribution < -0.4 is 4.90 Å². The van der Waals surface area contributed by atoms with Crippen molar-refractivity contribution in [2.24, 2.45) is 0 Å². The van der Waals surface area contributed by atoms with Crippen LogP contribution in [0.5, 0.6) is 0 Å². The Morgan fingerprint density at radius 2 is 1.79 bits per heavy atom. The molecule has 0 N–H and O–H groups in total. The number of nitrogens with zero attached hydrogens (tertiary/aromatic N) is 2. The zero-order chi connectivity index (χ0) is 23.7. The highest BCUT2D eigenvalue weighted by Crippen LogP contribution is 2.39. The van der Waals surface area contributed by atoms with Gasteiger partial charge >= 0.3 is 0 Å². The van der Waals surface area contributed by atoms with Gasteiger partial charge in [0.1, 0.15) is 0 Å². The van der Waals surface area contributed by atoms with Crippen LogP contribution in [0.1, 0.15) is 11.1 Å². The van der Waals surface area contributed by atoms with Crippen molar-refractivity contribution in [1.82, 2.24) is 0 Å². The van der Waals surface area contributed by atoms with Gasteiger partial charge in [-0.1, -0.05) is 82.7 Å². The Balaban J connectivity index is 1.63. The smallest absolute Gasteiger partial charge is 0.268 e. The van der Waals surface area contributed by atoms with Crippen LogP contribution in [-0.4, -0.2) is 15.2 Å². The topological polar surface area (TPSA) is 63.5 Å². The molecule has 0 aromatic heterocycles. The van der Waals surface area contributed by atoms with Crippen molar-refractivity contribution >= 4 is 86.6 Å². The lowest BCUT2D eigenvalue weighted by Gasteiger charge is -2.15. The standard InChI is InChI=1S/C23H14Cl2N2O3S3/c1-13-2-6-16(7-3-13)32-20-9-4-14(10-19(20)27(29)30)11-21-22(28)26(23(31)33-21)15-5-8-17(24)18(25)12-15/h2-12H,1H3. The Bertz CT molecular complexity index is 1330. The molecule has 4 rings (SSSR count). The molecule has 166 valence electrons. The zero-order valence-electron chi connectivity index (χ0n) is 17.0. The number of amides is 1. The molecule has 0 unspecified atom stereocenters. The van der Waals surface area contributed by atoms with Crippen LogP contribution in [0.3, 0.4) is 0 Å². The number of carbonyl (C=O) groups is 1. The van der Waals surface area contributed by atoms with Crippen LogP contribution in [0.4, 0.5) is 11.4 Å². The number of halogens is 2. The monoisotopic (exact) mass is 532 g/mol. The summed E-state index contributed by atoms with van der Waals surface area (Å²) in [5, 5.41) is 12.4. The summed E-state index contributed by atoms with van der Waals surface area (Å²) in [6.07, 6.45) is 1.60. The van der Waals surface area contributed by atoms with Crippen LogP contribution >= 0.6 is 58.9 Å². The molecule has 0 saturated carbocycles. The van der Waals surface area contributed by atoms with Crippen molar-refractivity contribution in [3.8, 4) is 0 Å². The largest absolute Gasteiger partial charge is 0.283 e. The van der Waals surface area contributed by atoms with E-state index in [0.29, 0.717) is 35.4 Å². The number of rotatable bonds is 5. The summed E-state index contributed by atoms with van der Waals surface area (Å²) in [6, 6.07) is 17.5. The molecule has 10 heteroatoms. The molecule has 1 heterocycles. The SMILES string of the molecule is Cc1ccc(Sc2ccc(C=C3SC(=S)N(c4ccc(Cl)c(Cl)c4)C3=O)cc2[N+](=O)[O-])cc1. The molecule has 3 aromatic carbocycles. The summed E-state index contributed by atoms with van der Waals surface area (Å²) in [5.41, 5.74) is 2.12. The number of aryl methyl sites for hydroxylation is 1. The molecule has 0 radical (unpaired) electrons. The fraction of sp³-hybridized carbons (Fsp3) is 0.0435. The van der Waals surface area contributed by atoms with Crippen molar-refractivity contribution < 1.29 is 9.72 Å². The summed E-state index contributed by atoms with van der Waals surface area (Å²) in [7, 11) is 0. The molecule has 1 fully saturated rings. The third-order valence-corrected chi connectivity index (χ3v) is 7.80. The molecule has 33 heavy (non-hydrogen) atoms. The van der Waals surface area contributed by atoms with Gasteiger partial charge in [-0.25, -0.2) is 0 Å². The van der Waals surface area contributed by atoms with Crippen molar-refractivity contribution in [2.45, 2.75) is 16.7 Å². The molecule has 0 atom stereocenters. The number of nitro benzene ring substituents is 1. The van der Waals surface area contributed by atoms with Gasteiger partial charge in [0.25, 0.3) is 11.6 Å². The van der Waals surface area contributed by atoms with Gasteiger partial charge in [-0.3, -0.25) is 19.8 Å². The molecule has 1 aliphatic rings. The number of anilines is 1. The van der Waals surface area contributed by atoms with E-state index in [-0.39, 0.29) is 11.6 Å². The average molecular weight is 533 g/mol. The first-order valence-corrected chi connectivity index (χ1v) is 12.3. The predicted molar refractivity (Wildman–Crippen MR) is 141 cm³/mol. The van der Waals surface area contributed by atoms with E-state index in [1.165, 1.54) is 22.7 Å². The molecule has 5 nitrogen and oxygen atoms in total. The molecule has 1 amide bonds. The molecule has 0 bridgehead atoms. The van der Waals surface area contributed by atoms with Crippen molar-refractivity contribution in [3.63, 3.8) is 0 Å². The maximum atomic E-state index is 13.0. The number of nitro groups is 1. The van der Waals surface area contributed by atoms with E-state index in [9.17, 15) is 14.9 Å². The lowest BCUT2D eigenvalue weighted by Crippen LogP contribution is -2.27. The van der Waals surface area contributed by atoms with E-state index in [2.05, 4.69) is 0 Å². The first kappa shape index (κ1) is 23.8. The second kappa shape index (κ2) is 9.87. The van der Waals surface area contributed by atoms with Crippen molar-refractivity contribution in [2.75, 3.05) is 4.90 Å². The summed E-state index contributed by atoms with van der Waals surface area (Å²) in [6.45, 7) is 1.98. The molecule has 3 aromatic rings. The first-order valence-electron chi connectivity index (χ1n) is 9.49. The summed E-state index contributed by atoms with van der Waals surface area (Å²) < 4.78 is 0.339. The Morgan fingerprint density at radius 1 is 1.06 bits per heavy atom. The third-order valence-electron chi connectivity index (χ3n) is 4.68. The molecule has 1 saturated heterocycles. The Hall–Kier alpha value is -2.36. The fourth-order valence-corrected chi connectivity index (χ4v) is 5.54. The zero-order valence-corrected chi connectivity index (χ0v) is 20.9. The van der Waals surface area contributed by atoms with E-state index in [0.717, 1.165) is 22.2 Å². The maximum absolute atomic E-state index is 13.0. The van der Waals surface area contributed by atoms with E-state index in [4.69, 9.17) is 35.4 Å². The van der Waals surface area contributed by atoms with Crippen molar-refractivity contribution in [1.29, 1.82) is 0 Å². The highest BCUT2D eigenvalue weighted by Gasteiger charge is 2.33. The lowest BCUT2D eigenvalue weighted by atomic mass is 10.2. The van der Waals surface area contributed by atoms with E-state index in [1.807, 2.05) is 31.2 Å². The lowest BCUT2D eigenvalue weighted by molar-refractivity contribution is -0.387. The molecular formula is C23H14Cl2N2O3S3. The number of benzene rings is 3. The Morgan fingerprint density at radius 3 is 2.45 bits per heavy atom.